The molecule has 0 saturated heterocycles. The lowest BCUT2D eigenvalue weighted by Crippen LogP contribution is -2.36. The van der Waals surface area contributed by atoms with E-state index in [1.54, 1.807) is 0 Å². The molecule has 0 saturated carbocycles. The second-order valence-electron chi connectivity index (χ2n) is 10.1. The third-order valence-electron chi connectivity index (χ3n) is 8.01. The highest BCUT2D eigenvalue weighted by molar-refractivity contribution is 5.95. The Balaban J connectivity index is 0.00000101. The Labute approximate surface area is 231 Å². The van der Waals surface area contributed by atoms with Gasteiger partial charge in [-0.25, -0.2) is 0 Å². The van der Waals surface area contributed by atoms with Crippen LogP contribution in [0.3, 0.4) is 0 Å². The van der Waals surface area contributed by atoms with Gasteiger partial charge in [0, 0.05) is 5.69 Å². The number of nitrogens with zero attached hydrogens (tertiary/aromatic N) is 1. The van der Waals surface area contributed by atoms with Gasteiger partial charge in [0.1, 0.15) is 0 Å². The van der Waals surface area contributed by atoms with Gasteiger partial charge >= 0.3 is 0 Å². The van der Waals surface area contributed by atoms with Gasteiger partial charge in [-0.2, -0.15) is 0 Å². The molecule has 39 heavy (non-hydrogen) atoms. The molecule has 0 unspecified atom stereocenters. The van der Waals surface area contributed by atoms with Gasteiger partial charge in [-0.1, -0.05) is 110 Å². The first-order chi connectivity index (χ1) is 18.7. The zero-order valence-electron chi connectivity index (χ0n) is 22.7. The molecule has 0 radical (unpaired) electrons. The van der Waals surface area contributed by atoms with Gasteiger partial charge in [-0.3, -0.25) is 0 Å². The van der Waals surface area contributed by atoms with E-state index < -0.39 is 0 Å². The Morgan fingerprint density at radius 1 is 0.641 bits per heavy atom. The standard InChI is InChI=1S/C35H29N.CH3N.H3N/c1-3-11-25-19-21-28-27-20-18-24(2)22-31(27)35(32(28)23-25)29-14-7-9-16-33(29)36(26-12-5-4-6-13-26)34-17-10-8-15-30(34)35;1-2;/h4-10,12-23H,3,11H2,1-2H3;2H,1H2;1H3. The molecule has 0 fully saturated rings. The smallest absolute Gasteiger partial charge is 0.0754 e. The minimum atomic E-state index is -0.348. The van der Waals surface area contributed by atoms with E-state index in [2.05, 4.69) is 141 Å². The molecule has 1 spiro atoms. The van der Waals surface area contributed by atoms with Crippen molar-refractivity contribution in [3.05, 3.63) is 149 Å². The van der Waals surface area contributed by atoms with Crippen LogP contribution in [0.25, 0.3) is 11.1 Å². The summed E-state index contributed by atoms with van der Waals surface area (Å²) in [6.45, 7) is 6.99. The van der Waals surface area contributed by atoms with E-state index >= 15 is 0 Å². The van der Waals surface area contributed by atoms with Crippen LogP contribution >= 0.6 is 0 Å². The maximum absolute atomic E-state index is 5.50. The molecule has 1 aliphatic heterocycles. The first kappa shape index (κ1) is 26.1. The number of hydrogen-bond donors (Lipinski definition) is 2. The first-order valence-corrected chi connectivity index (χ1v) is 13.4. The van der Waals surface area contributed by atoms with Crippen molar-refractivity contribution in [1.82, 2.24) is 6.15 Å². The number of benzene rings is 5. The van der Waals surface area contributed by atoms with Crippen LogP contribution in [0.4, 0.5) is 17.1 Å². The molecular weight excluding hydrogens is 474 g/mol. The fourth-order valence-corrected chi connectivity index (χ4v) is 6.61. The van der Waals surface area contributed by atoms with Crippen LogP contribution in [0.1, 0.15) is 46.7 Å². The Morgan fingerprint density at radius 2 is 1.18 bits per heavy atom. The zero-order valence-corrected chi connectivity index (χ0v) is 22.7. The topological polar surface area (TPSA) is 62.1 Å². The molecule has 1 aliphatic carbocycles. The minimum absolute atomic E-state index is 0. The third kappa shape index (κ3) is 3.73. The van der Waals surface area contributed by atoms with E-state index in [0.717, 1.165) is 12.8 Å². The average Bonchev–Trinajstić information content (AvgIpc) is 3.24. The Morgan fingerprint density at radius 3 is 1.79 bits per heavy atom. The van der Waals surface area contributed by atoms with Crippen molar-refractivity contribution in [1.29, 1.82) is 5.41 Å². The number of para-hydroxylation sites is 3. The van der Waals surface area contributed by atoms with Crippen molar-refractivity contribution >= 4 is 23.8 Å². The van der Waals surface area contributed by atoms with Crippen LogP contribution in [0.5, 0.6) is 0 Å². The molecule has 7 rings (SSSR count). The fourth-order valence-electron chi connectivity index (χ4n) is 6.61. The van der Waals surface area contributed by atoms with Gasteiger partial charge in [-0.05, 0) is 83.3 Å². The maximum atomic E-state index is 5.50. The maximum Gasteiger partial charge on any atom is 0.0754 e. The van der Waals surface area contributed by atoms with Gasteiger partial charge < -0.3 is 16.5 Å². The van der Waals surface area contributed by atoms with Crippen molar-refractivity contribution in [2.75, 3.05) is 4.90 Å². The molecular formula is C36H35N3. The number of aryl methyl sites for hydroxylation is 2. The summed E-state index contributed by atoms with van der Waals surface area (Å²) < 4.78 is 0. The van der Waals surface area contributed by atoms with Gasteiger partial charge in [-0.15, -0.1) is 0 Å². The summed E-state index contributed by atoms with van der Waals surface area (Å²) in [6, 6.07) is 43.1. The second kappa shape index (κ2) is 10.4. The molecule has 0 aromatic heterocycles. The highest BCUT2D eigenvalue weighted by Gasteiger charge is 2.51. The molecule has 2 aliphatic rings. The van der Waals surface area contributed by atoms with Gasteiger partial charge in [0.25, 0.3) is 0 Å². The zero-order chi connectivity index (χ0) is 26.3. The van der Waals surface area contributed by atoms with Gasteiger partial charge in [0.2, 0.25) is 0 Å². The number of fused-ring (bicyclic) bond motifs is 9. The van der Waals surface area contributed by atoms with Crippen molar-refractivity contribution < 1.29 is 0 Å². The van der Waals surface area contributed by atoms with E-state index in [9.17, 15) is 0 Å². The molecule has 4 N–H and O–H groups in total. The number of rotatable bonds is 3. The predicted octanol–water partition coefficient (Wildman–Crippen LogP) is 9.52. The number of hydrogen-bond acceptors (Lipinski definition) is 3. The van der Waals surface area contributed by atoms with Crippen LogP contribution in [-0.4, -0.2) is 6.72 Å². The molecule has 1 heterocycles. The molecule has 3 heteroatoms. The molecule has 0 bridgehead atoms. The lowest BCUT2D eigenvalue weighted by Gasteiger charge is -2.45. The third-order valence-corrected chi connectivity index (χ3v) is 8.01. The second-order valence-corrected chi connectivity index (χ2v) is 10.1. The molecule has 0 atom stereocenters. The van der Waals surface area contributed by atoms with E-state index in [1.807, 2.05) is 0 Å². The lowest BCUT2D eigenvalue weighted by atomic mass is 9.64. The SMILES string of the molecule is C=N.CCCc1ccc2c(c1)C1(c3cc(C)ccc3-2)c2ccccc2N(c2ccccc2)c2ccccc21.N. The quantitative estimate of drug-likeness (QED) is 0.233. The summed E-state index contributed by atoms with van der Waals surface area (Å²) in [7, 11) is 0. The van der Waals surface area contributed by atoms with Crippen LogP contribution in [0.2, 0.25) is 0 Å². The molecule has 3 nitrogen and oxygen atoms in total. The fraction of sp³-hybridized carbons (Fsp3) is 0.139. The average molecular weight is 510 g/mol. The summed E-state index contributed by atoms with van der Waals surface area (Å²) in [5.74, 6) is 0. The van der Waals surface area contributed by atoms with Crippen molar-refractivity contribution in [3.8, 4) is 11.1 Å². The minimum Gasteiger partial charge on any atom is -0.344 e. The summed E-state index contributed by atoms with van der Waals surface area (Å²) in [4.78, 5) is 2.44. The largest absolute Gasteiger partial charge is 0.344 e. The predicted molar refractivity (Wildman–Crippen MR) is 166 cm³/mol. The monoisotopic (exact) mass is 509 g/mol. The summed E-state index contributed by atoms with van der Waals surface area (Å²) in [6.07, 6.45) is 2.24. The highest BCUT2D eigenvalue weighted by atomic mass is 15.2. The normalized spacial score (nSPS) is 13.2. The van der Waals surface area contributed by atoms with E-state index in [-0.39, 0.29) is 11.6 Å². The highest BCUT2D eigenvalue weighted by Crippen LogP contribution is 2.63. The molecule has 0 amide bonds. The first-order valence-electron chi connectivity index (χ1n) is 13.4. The summed E-state index contributed by atoms with van der Waals surface area (Å²) in [5, 5.41) is 5.50. The summed E-state index contributed by atoms with van der Waals surface area (Å²) >= 11 is 0. The van der Waals surface area contributed by atoms with Crippen molar-refractivity contribution in [2.24, 2.45) is 0 Å². The van der Waals surface area contributed by atoms with Crippen molar-refractivity contribution in [3.63, 3.8) is 0 Å². The van der Waals surface area contributed by atoms with E-state index in [4.69, 9.17) is 5.41 Å². The molecule has 5 aromatic rings. The Bertz CT molecular complexity index is 1590. The van der Waals surface area contributed by atoms with Crippen molar-refractivity contribution in [2.45, 2.75) is 32.1 Å². The summed E-state index contributed by atoms with van der Waals surface area (Å²) in [5.41, 5.74) is 14.3. The Kier molecular flexibility index (Phi) is 6.94. The number of anilines is 3. The molecule has 5 aromatic carbocycles. The number of nitrogens with one attached hydrogen (secondary N) is 1. The van der Waals surface area contributed by atoms with Crippen LogP contribution in [-0.2, 0) is 11.8 Å². The van der Waals surface area contributed by atoms with Crippen LogP contribution in [0, 0.1) is 12.3 Å². The van der Waals surface area contributed by atoms with E-state index in [0.29, 0.717) is 0 Å². The lowest BCUT2D eigenvalue weighted by molar-refractivity contribution is 0.749. The van der Waals surface area contributed by atoms with Gasteiger partial charge in [0.15, 0.2) is 0 Å². The Hall–Kier alpha value is -4.47. The van der Waals surface area contributed by atoms with E-state index in [1.165, 1.54) is 61.6 Å². The van der Waals surface area contributed by atoms with Crippen LogP contribution in [0.15, 0.2) is 115 Å². The van der Waals surface area contributed by atoms with Gasteiger partial charge in [0.05, 0.1) is 16.8 Å². The van der Waals surface area contributed by atoms with Crippen LogP contribution < -0.4 is 11.1 Å². The molecule has 194 valence electrons.